The normalized spacial score (nSPS) is 12.0. The highest BCUT2D eigenvalue weighted by Gasteiger charge is 2.21. The Bertz CT molecular complexity index is 1730. The lowest BCUT2D eigenvalue weighted by Crippen LogP contribution is -2.20. The van der Waals surface area contributed by atoms with Crippen LogP contribution in [-0.4, -0.2) is 38.8 Å². The lowest BCUT2D eigenvalue weighted by molar-refractivity contribution is 0.126. The first-order chi connectivity index (χ1) is 18.8. The van der Waals surface area contributed by atoms with Gasteiger partial charge in [0.15, 0.2) is 0 Å². The van der Waals surface area contributed by atoms with Crippen LogP contribution in [0.1, 0.15) is 0 Å². The van der Waals surface area contributed by atoms with Crippen LogP contribution >= 0.6 is 11.8 Å². The highest BCUT2D eigenvalue weighted by molar-refractivity contribution is 7.99. The van der Waals surface area contributed by atoms with E-state index < -0.39 is 35.0 Å². The van der Waals surface area contributed by atoms with Gasteiger partial charge < -0.3 is 14.3 Å². The van der Waals surface area contributed by atoms with Gasteiger partial charge in [-0.2, -0.15) is 0 Å². The largest absolute Gasteiger partial charge is 0.491 e. The second-order valence-corrected chi connectivity index (χ2v) is 9.26. The molecule has 12 heteroatoms. The van der Waals surface area contributed by atoms with E-state index in [0.717, 1.165) is 48.2 Å². The van der Waals surface area contributed by atoms with Crippen molar-refractivity contribution in [2.45, 2.75) is 11.3 Å². The molecule has 0 spiro atoms. The highest BCUT2D eigenvalue weighted by Crippen LogP contribution is 2.33. The number of aromatic nitrogens is 3. The molecule has 1 atom stereocenters. The zero-order chi connectivity index (χ0) is 27.5. The highest BCUT2D eigenvalue weighted by atomic mass is 32.2. The third kappa shape index (κ3) is 6.07. The molecular formula is C27H17F4N3O4S. The summed E-state index contributed by atoms with van der Waals surface area (Å²) < 4.78 is 67.7. The van der Waals surface area contributed by atoms with Gasteiger partial charge in [0, 0.05) is 34.4 Å². The molecule has 2 aromatic heterocycles. The zero-order valence-corrected chi connectivity index (χ0v) is 20.6. The maximum absolute atomic E-state index is 14.6. The van der Waals surface area contributed by atoms with Crippen molar-refractivity contribution in [3.8, 4) is 28.3 Å². The van der Waals surface area contributed by atoms with Crippen LogP contribution < -0.4 is 10.4 Å². The summed E-state index contributed by atoms with van der Waals surface area (Å²) in [7, 11) is 0. The monoisotopic (exact) mass is 555 g/mol. The van der Waals surface area contributed by atoms with E-state index in [4.69, 9.17) is 9.15 Å². The number of thioether (sulfide) groups is 1. The number of halogens is 4. The number of nitrogens with zero attached hydrogens (tertiary/aromatic N) is 3. The minimum atomic E-state index is -1.02. The minimum Gasteiger partial charge on any atom is -0.491 e. The number of benzene rings is 3. The van der Waals surface area contributed by atoms with Crippen molar-refractivity contribution in [2.75, 3.05) is 12.4 Å². The Kier molecular flexibility index (Phi) is 7.57. The molecule has 0 fully saturated rings. The van der Waals surface area contributed by atoms with Crippen LogP contribution in [0.15, 0.2) is 81.1 Å². The van der Waals surface area contributed by atoms with Crippen molar-refractivity contribution in [2.24, 2.45) is 0 Å². The molecule has 5 aromatic rings. The third-order valence-corrected chi connectivity index (χ3v) is 6.46. The summed E-state index contributed by atoms with van der Waals surface area (Å²) in [5, 5.41) is 18.9. The first-order valence-corrected chi connectivity index (χ1v) is 12.4. The Morgan fingerprint density at radius 1 is 0.846 bits per heavy atom. The van der Waals surface area contributed by atoms with Gasteiger partial charge in [0.2, 0.25) is 5.16 Å². The average Bonchev–Trinajstić information content (AvgIpc) is 2.93. The van der Waals surface area contributed by atoms with Crippen LogP contribution in [0.2, 0.25) is 0 Å². The third-order valence-electron chi connectivity index (χ3n) is 5.48. The van der Waals surface area contributed by atoms with Gasteiger partial charge in [-0.3, -0.25) is 0 Å². The summed E-state index contributed by atoms with van der Waals surface area (Å²) in [6.07, 6.45) is -1.02. The molecule has 0 aliphatic rings. The van der Waals surface area contributed by atoms with Gasteiger partial charge >= 0.3 is 5.63 Å². The average molecular weight is 556 g/mol. The quantitative estimate of drug-likeness (QED) is 0.154. The molecule has 1 N–H and O–H groups in total. The number of hydrogen-bond donors (Lipinski definition) is 1. The molecule has 0 saturated carbocycles. The van der Waals surface area contributed by atoms with Crippen LogP contribution in [0.5, 0.6) is 5.75 Å². The number of ether oxygens (including phenoxy) is 1. The van der Waals surface area contributed by atoms with Crippen LogP contribution in [0.4, 0.5) is 17.6 Å². The smallest absolute Gasteiger partial charge is 0.336 e. The van der Waals surface area contributed by atoms with Gasteiger partial charge in [-0.15, -0.1) is 10.2 Å². The van der Waals surface area contributed by atoms with Gasteiger partial charge in [0.05, 0.1) is 6.10 Å². The molecule has 0 aliphatic heterocycles. The molecule has 1 unspecified atom stereocenters. The maximum atomic E-state index is 14.6. The topological polar surface area (TPSA) is 98.3 Å². The molecule has 0 amide bonds. The van der Waals surface area contributed by atoms with E-state index in [0.29, 0.717) is 16.7 Å². The molecule has 0 saturated heterocycles. The van der Waals surface area contributed by atoms with Crippen LogP contribution in [-0.2, 0) is 0 Å². The van der Waals surface area contributed by atoms with Crippen LogP contribution in [0, 0.1) is 23.3 Å². The van der Waals surface area contributed by atoms with Crippen molar-refractivity contribution >= 4 is 22.7 Å². The van der Waals surface area contributed by atoms with E-state index in [9.17, 15) is 27.5 Å². The van der Waals surface area contributed by atoms with Gasteiger partial charge in [-0.1, -0.05) is 11.8 Å². The molecule has 0 radical (unpaired) electrons. The van der Waals surface area contributed by atoms with Crippen molar-refractivity contribution in [1.29, 1.82) is 0 Å². The summed E-state index contributed by atoms with van der Waals surface area (Å²) in [5.74, 6) is -2.87. The summed E-state index contributed by atoms with van der Waals surface area (Å²) in [6.45, 7) is -0.138. The van der Waals surface area contributed by atoms with Gasteiger partial charge in [0.1, 0.15) is 52.6 Å². The first kappa shape index (κ1) is 26.3. The van der Waals surface area contributed by atoms with E-state index in [1.165, 1.54) is 12.1 Å². The van der Waals surface area contributed by atoms with Crippen molar-refractivity contribution in [1.82, 2.24) is 15.2 Å². The standard InChI is InChI=1S/C27H17F4N3O4S/c28-15-3-6-21(30)19(9-15)25-26(20-10-16(29)4-7-22(20)31)33-34-27(32-25)39-13-17(35)12-37-18-5-1-14-2-8-24(36)38-23(14)11-18/h1-11,17,35H,12-13H2. The summed E-state index contributed by atoms with van der Waals surface area (Å²) >= 11 is 0.940. The Balaban J connectivity index is 1.35. The summed E-state index contributed by atoms with van der Waals surface area (Å²) in [6, 6.07) is 13.1. The Hall–Kier alpha value is -4.29. The van der Waals surface area contributed by atoms with E-state index in [1.54, 1.807) is 18.2 Å². The molecule has 0 bridgehead atoms. The molecule has 39 heavy (non-hydrogen) atoms. The minimum absolute atomic E-state index is 0.0170. The Labute approximate surface area is 222 Å². The van der Waals surface area contributed by atoms with Gasteiger partial charge in [-0.25, -0.2) is 27.3 Å². The Morgan fingerprint density at radius 2 is 1.51 bits per heavy atom. The molecule has 0 aliphatic carbocycles. The Morgan fingerprint density at radius 3 is 2.23 bits per heavy atom. The van der Waals surface area contributed by atoms with E-state index in [2.05, 4.69) is 15.2 Å². The fraction of sp³-hybridized carbons (Fsp3) is 0.111. The van der Waals surface area contributed by atoms with Crippen molar-refractivity contribution in [3.63, 3.8) is 0 Å². The maximum Gasteiger partial charge on any atom is 0.336 e. The number of aliphatic hydroxyl groups is 1. The van der Waals surface area contributed by atoms with Crippen molar-refractivity contribution < 1.29 is 31.8 Å². The van der Waals surface area contributed by atoms with Crippen LogP contribution in [0.3, 0.4) is 0 Å². The number of rotatable bonds is 8. The number of fused-ring (bicyclic) bond motifs is 1. The fourth-order valence-corrected chi connectivity index (χ4v) is 4.33. The first-order valence-electron chi connectivity index (χ1n) is 11.4. The number of aliphatic hydroxyl groups excluding tert-OH is 1. The second kappa shape index (κ2) is 11.2. The fourth-order valence-electron chi connectivity index (χ4n) is 3.64. The molecular weight excluding hydrogens is 538 g/mol. The van der Waals surface area contributed by atoms with E-state index in [1.807, 2.05) is 0 Å². The SMILES string of the molecule is O=c1ccc2ccc(OCC(O)CSc3nnc(-c4cc(F)ccc4F)c(-c4cc(F)ccc4F)n3)cc2o1. The summed E-state index contributed by atoms with van der Waals surface area (Å²) in [4.78, 5) is 15.6. The van der Waals surface area contributed by atoms with Crippen molar-refractivity contribution in [3.05, 3.63) is 100 Å². The predicted molar refractivity (Wildman–Crippen MR) is 135 cm³/mol. The molecule has 7 nitrogen and oxygen atoms in total. The summed E-state index contributed by atoms with van der Waals surface area (Å²) in [5.41, 5.74) is -1.36. The zero-order valence-electron chi connectivity index (χ0n) is 19.8. The van der Waals surface area contributed by atoms with E-state index >= 15 is 0 Å². The molecule has 5 rings (SSSR count). The lowest BCUT2D eigenvalue weighted by atomic mass is 10.0. The van der Waals surface area contributed by atoms with Crippen LogP contribution in [0.25, 0.3) is 33.5 Å². The second-order valence-electron chi connectivity index (χ2n) is 8.27. The molecule has 198 valence electrons. The van der Waals surface area contributed by atoms with Gasteiger partial charge in [0.25, 0.3) is 0 Å². The molecule has 2 heterocycles. The number of hydrogen-bond acceptors (Lipinski definition) is 8. The lowest BCUT2D eigenvalue weighted by Gasteiger charge is -2.13. The van der Waals surface area contributed by atoms with Gasteiger partial charge in [-0.05, 0) is 54.6 Å². The predicted octanol–water partition coefficient (Wildman–Crippen LogP) is 5.40. The van der Waals surface area contributed by atoms with E-state index in [-0.39, 0.29) is 40.0 Å². The molecule has 3 aromatic carbocycles.